The van der Waals surface area contributed by atoms with Crippen LogP contribution < -0.4 is 4.90 Å². The summed E-state index contributed by atoms with van der Waals surface area (Å²) in [7, 11) is 0. The van der Waals surface area contributed by atoms with Gasteiger partial charge in [0.25, 0.3) is 0 Å². The zero-order valence-corrected chi connectivity index (χ0v) is 10.7. The predicted octanol–water partition coefficient (Wildman–Crippen LogP) is 3.29. The lowest BCUT2D eigenvalue weighted by atomic mass is 9.97. The van der Waals surface area contributed by atoms with Crippen LogP contribution in [0.25, 0.3) is 0 Å². The maximum absolute atomic E-state index is 10.9. The molecule has 0 amide bonds. The number of piperidine rings is 1. The molecular formula is C12H13Cl2NO2. The van der Waals surface area contributed by atoms with E-state index >= 15 is 0 Å². The van der Waals surface area contributed by atoms with Gasteiger partial charge in [0.15, 0.2) is 0 Å². The first-order valence-electron chi connectivity index (χ1n) is 5.50. The van der Waals surface area contributed by atoms with E-state index in [2.05, 4.69) is 4.90 Å². The van der Waals surface area contributed by atoms with Crippen LogP contribution in [-0.4, -0.2) is 24.2 Å². The topological polar surface area (TPSA) is 40.5 Å². The van der Waals surface area contributed by atoms with Crippen molar-refractivity contribution >= 4 is 34.9 Å². The van der Waals surface area contributed by atoms with Crippen LogP contribution in [0.2, 0.25) is 10.0 Å². The summed E-state index contributed by atoms with van der Waals surface area (Å²) in [5.41, 5.74) is 0.892. The average Bonchev–Trinajstić information content (AvgIpc) is 2.32. The molecule has 1 fully saturated rings. The van der Waals surface area contributed by atoms with Crippen LogP contribution >= 0.6 is 23.2 Å². The van der Waals surface area contributed by atoms with E-state index in [1.54, 1.807) is 12.1 Å². The summed E-state index contributed by atoms with van der Waals surface area (Å²) in [5.74, 6) is -0.939. The number of anilines is 1. The van der Waals surface area contributed by atoms with Gasteiger partial charge in [-0.25, -0.2) is 0 Å². The number of carbonyl (C=O) groups is 1. The molecular weight excluding hydrogens is 261 g/mol. The van der Waals surface area contributed by atoms with Gasteiger partial charge in [-0.05, 0) is 31.0 Å². The molecule has 0 aromatic heterocycles. The zero-order chi connectivity index (χ0) is 12.4. The van der Waals surface area contributed by atoms with Crippen molar-refractivity contribution < 1.29 is 9.90 Å². The second kappa shape index (κ2) is 5.15. The Hall–Kier alpha value is -0.930. The summed E-state index contributed by atoms with van der Waals surface area (Å²) in [6, 6.07) is 5.34. The number of rotatable bonds is 2. The molecule has 1 heterocycles. The number of carboxylic acid groups (broad SMARTS) is 1. The van der Waals surface area contributed by atoms with Crippen molar-refractivity contribution in [3.63, 3.8) is 0 Å². The number of aliphatic carboxylic acids is 1. The fraction of sp³-hybridized carbons (Fsp3) is 0.417. The minimum absolute atomic E-state index is 0.232. The van der Waals surface area contributed by atoms with Gasteiger partial charge in [0.05, 0.1) is 16.6 Å². The lowest BCUT2D eigenvalue weighted by Gasteiger charge is -2.32. The highest BCUT2D eigenvalue weighted by atomic mass is 35.5. The van der Waals surface area contributed by atoms with Crippen LogP contribution in [-0.2, 0) is 4.79 Å². The summed E-state index contributed by atoms with van der Waals surface area (Å²) in [5, 5.41) is 10.2. The van der Waals surface area contributed by atoms with Crippen molar-refractivity contribution in [2.24, 2.45) is 5.92 Å². The van der Waals surface area contributed by atoms with Crippen molar-refractivity contribution in [3.05, 3.63) is 28.2 Å². The van der Waals surface area contributed by atoms with Crippen molar-refractivity contribution in [1.82, 2.24) is 0 Å². The van der Waals surface area contributed by atoms with Gasteiger partial charge >= 0.3 is 5.97 Å². The first-order valence-corrected chi connectivity index (χ1v) is 6.26. The second-order valence-corrected chi connectivity index (χ2v) is 5.04. The molecule has 0 radical (unpaired) electrons. The molecule has 0 unspecified atom stereocenters. The van der Waals surface area contributed by atoms with E-state index in [0.717, 1.165) is 5.69 Å². The van der Waals surface area contributed by atoms with Gasteiger partial charge in [-0.2, -0.15) is 0 Å². The number of nitrogens with zero attached hydrogens (tertiary/aromatic N) is 1. The number of halogens is 2. The van der Waals surface area contributed by atoms with E-state index in [4.69, 9.17) is 28.3 Å². The third-order valence-corrected chi connectivity index (χ3v) is 3.65. The van der Waals surface area contributed by atoms with E-state index in [9.17, 15) is 4.79 Å². The maximum atomic E-state index is 10.9. The molecule has 0 bridgehead atoms. The van der Waals surface area contributed by atoms with Gasteiger partial charge in [0.2, 0.25) is 0 Å². The van der Waals surface area contributed by atoms with Gasteiger partial charge in [0, 0.05) is 18.1 Å². The predicted molar refractivity (Wildman–Crippen MR) is 69.0 cm³/mol. The number of hydrogen-bond donors (Lipinski definition) is 1. The summed E-state index contributed by atoms with van der Waals surface area (Å²) in [6.07, 6.45) is 1.30. The normalized spacial score (nSPS) is 17.2. The molecule has 1 aliphatic rings. The molecule has 1 aromatic carbocycles. The maximum Gasteiger partial charge on any atom is 0.306 e. The van der Waals surface area contributed by atoms with E-state index in [-0.39, 0.29) is 5.92 Å². The fourth-order valence-electron chi connectivity index (χ4n) is 2.10. The molecule has 0 aliphatic carbocycles. The van der Waals surface area contributed by atoms with E-state index in [0.29, 0.717) is 36.0 Å². The van der Waals surface area contributed by atoms with Crippen molar-refractivity contribution in [1.29, 1.82) is 0 Å². The smallest absolute Gasteiger partial charge is 0.306 e. The van der Waals surface area contributed by atoms with E-state index in [1.165, 1.54) is 0 Å². The number of hydrogen-bond acceptors (Lipinski definition) is 2. The third-order valence-electron chi connectivity index (χ3n) is 3.09. The molecule has 1 aliphatic heterocycles. The molecule has 17 heavy (non-hydrogen) atoms. The molecule has 92 valence electrons. The molecule has 1 saturated heterocycles. The van der Waals surface area contributed by atoms with Crippen LogP contribution in [0.5, 0.6) is 0 Å². The molecule has 1 aromatic rings. The average molecular weight is 274 g/mol. The Kier molecular flexibility index (Phi) is 3.79. The minimum atomic E-state index is -0.707. The molecule has 1 N–H and O–H groups in total. The van der Waals surface area contributed by atoms with Crippen molar-refractivity contribution in [2.45, 2.75) is 12.8 Å². The Balaban J connectivity index is 2.10. The molecule has 3 nitrogen and oxygen atoms in total. The quantitative estimate of drug-likeness (QED) is 0.899. The third kappa shape index (κ3) is 2.85. The second-order valence-electron chi connectivity index (χ2n) is 4.20. The van der Waals surface area contributed by atoms with Crippen molar-refractivity contribution in [3.8, 4) is 0 Å². The summed E-state index contributed by atoms with van der Waals surface area (Å²) >= 11 is 12.0. The van der Waals surface area contributed by atoms with E-state index in [1.807, 2.05) is 6.07 Å². The van der Waals surface area contributed by atoms with Gasteiger partial charge in [-0.1, -0.05) is 23.2 Å². The highest BCUT2D eigenvalue weighted by Crippen LogP contribution is 2.31. The number of benzene rings is 1. The Labute approximate surface area is 110 Å². The summed E-state index contributed by atoms with van der Waals surface area (Å²) in [6.45, 7) is 1.41. The zero-order valence-electron chi connectivity index (χ0n) is 9.20. The van der Waals surface area contributed by atoms with Gasteiger partial charge < -0.3 is 10.0 Å². The van der Waals surface area contributed by atoms with Crippen LogP contribution in [0.15, 0.2) is 18.2 Å². The Morgan fingerprint density at radius 3 is 2.53 bits per heavy atom. The molecule has 5 heteroatoms. The molecule has 0 spiro atoms. The summed E-state index contributed by atoms with van der Waals surface area (Å²) < 4.78 is 0. The SMILES string of the molecule is O=C(O)C1CCN(c2cc(Cl)ccc2Cl)CC1. The molecule has 2 rings (SSSR count). The van der Waals surface area contributed by atoms with E-state index < -0.39 is 5.97 Å². The van der Waals surface area contributed by atoms with Crippen molar-refractivity contribution in [2.75, 3.05) is 18.0 Å². The fourth-order valence-corrected chi connectivity index (χ4v) is 2.50. The summed E-state index contributed by atoms with van der Waals surface area (Å²) in [4.78, 5) is 12.9. The standard InChI is InChI=1S/C12H13Cl2NO2/c13-9-1-2-10(14)11(7-9)15-5-3-8(4-6-15)12(16)17/h1-2,7-8H,3-6H2,(H,16,17). The lowest BCUT2D eigenvalue weighted by molar-refractivity contribution is -0.142. The highest BCUT2D eigenvalue weighted by Gasteiger charge is 2.25. The molecule has 0 saturated carbocycles. The monoisotopic (exact) mass is 273 g/mol. The Bertz CT molecular complexity index is 429. The largest absolute Gasteiger partial charge is 0.481 e. The van der Waals surface area contributed by atoms with Crippen LogP contribution in [0, 0.1) is 5.92 Å². The van der Waals surface area contributed by atoms with Gasteiger partial charge in [0.1, 0.15) is 0 Å². The highest BCUT2D eigenvalue weighted by molar-refractivity contribution is 6.35. The van der Waals surface area contributed by atoms with Crippen LogP contribution in [0.3, 0.4) is 0 Å². The minimum Gasteiger partial charge on any atom is -0.481 e. The lowest BCUT2D eigenvalue weighted by Crippen LogP contribution is -2.36. The first-order chi connectivity index (χ1) is 8.08. The Morgan fingerprint density at radius 2 is 1.94 bits per heavy atom. The Morgan fingerprint density at radius 1 is 1.29 bits per heavy atom. The van der Waals surface area contributed by atoms with Crippen LogP contribution in [0.4, 0.5) is 5.69 Å². The van der Waals surface area contributed by atoms with Gasteiger partial charge in [-0.15, -0.1) is 0 Å². The number of carboxylic acids is 1. The van der Waals surface area contributed by atoms with Gasteiger partial charge in [-0.3, -0.25) is 4.79 Å². The van der Waals surface area contributed by atoms with Crippen LogP contribution in [0.1, 0.15) is 12.8 Å². The first kappa shape index (κ1) is 12.5. The molecule has 0 atom stereocenters.